The monoisotopic (exact) mass is 388 g/mol. The van der Waals surface area contributed by atoms with E-state index in [0.717, 1.165) is 11.3 Å². The zero-order chi connectivity index (χ0) is 18.1. The number of sulfone groups is 1. The van der Waals surface area contributed by atoms with Gasteiger partial charge in [-0.1, -0.05) is 30.3 Å². The number of benzene rings is 1. The lowest BCUT2D eigenvalue weighted by molar-refractivity contribution is 0.102. The van der Waals surface area contributed by atoms with Crippen LogP contribution in [0.25, 0.3) is 11.3 Å². The number of nitrogens with zero attached hydrogens (tertiary/aromatic N) is 3. The predicted octanol–water partition coefficient (Wildman–Crippen LogP) is 2.62. The summed E-state index contributed by atoms with van der Waals surface area (Å²) in [5.41, 5.74) is 1.86. The van der Waals surface area contributed by atoms with Crippen LogP contribution in [0.1, 0.15) is 23.0 Å². The van der Waals surface area contributed by atoms with Gasteiger partial charge in [0.05, 0.1) is 23.2 Å². The topological polar surface area (TPSA) is 94.0 Å². The number of hydrogen-bond acceptors (Lipinski definition) is 6. The molecule has 1 fully saturated rings. The van der Waals surface area contributed by atoms with Crippen molar-refractivity contribution in [2.24, 2.45) is 0 Å². The Labute approximate surface area is 154 Å². The van der Waals surface area contributed by atoms with Crippen molar-refractivity contribution in [3.8, 4) is 11.3 Å². The van der Waals surface area contributed by atoms with Gasteiger partial charge in [0.15, 0.2) is 20.7 Å². The molecule has 4 rings (SSSR count). The predicted molar refractivity (Wildman–Crippen MR) is 100 cm³/mol. The van der Waals surface area contributed by atoms with Crippen molar-refractivity contribution >= 4 is 32.2 Å². The average Bonchev–Trinajstić information content (AvgIpc) is 3.35. The molecule has 0 aliphatic carbocycles. The number of amides is 1. The number of carbonyl (C=O) groups is 1. The quantitative estimate of drug-likeness (QED) is 0.741. The number of rotatable bonds is 4. The van der Waals surface area contributed by atoms with Crippen molar-refractivity contribution in [2.75, 3.05) is 16.8 Å². The van der Waals surface area contributed by atoms with Crippen molar-refractivity contribution in [3.05, 3.63) is 53.7 Å². The Morgan fingerprint density at radius 2 is 2.08 bits per heavy atom. The largest absolute Gasteiger partial charge is 0.296 e. The molecule has 1 atom stereocenters. The maximum absolute atomic E-state index is 12.5. The molecule has 7 nitrogen and oxygen atoms in total. The minimum absolute atomic E-state index is 0.0437. The van der Waals surface area contributed by atoms with Gasteiger partial charge in [0.25, 0.3) is 5.91 Å². The summed E-state index contributed by atoms with van der Waals surface area (Å²) in [6.07, 6.45) is 2.11. The maximum Gasteiger partial charge on any atom is 0.277 e. The van der Waals surface area contributed by atoms with Crippen LogP contribution >= 0.6 is 11.3 Å². The minimum Gasteiger partial charge on any atom is -0.296 e. The first-order valence-electron chi connectivity index (χ1n) is 8.08. The molecule has 0 saturated carbocycles. The van der Waals surface area contributed by atoms with Gasteiger partial charge >= 0.3 is 0 Å². The molecule has 26 heavy (non-hydrogen) atoms. The van der Waals surface area contributed by atoms with Crippen molar-refractivity contribution in [1.29, 1.82) is 0 Å². The molecule has 2 aromatic heterocycles. The lowest BCUT2D eigenvalue weighted by atomic mass is 10.1. The van der Waals surface area contributed by atoms with Gasteiger partial charge in [-0.2, -0.15) is 5.10 Å². The van der Waals surface area contributed by atoms with Gasteiger partial charge in [-0.15, -0.1) is 11.3 Å². The van der Waals surface area contributed by atoms with E-state index in [1.807, 2.05) is 30.3 Å². The number of anilines is 1. The summed E-state index contributed by atoms with van der Waals surface area (Å²) >= 11 is 1.32. The standard InChI is InChI=1S/C17H16N4O3S2/c22-16(19-17-18-7-8-25-17)14-10-15(12-4-2-1-3-5-12)21(20-14)13-6-9-26(23,24)11-13/h1-5,7-8,10,13H,6,9,11H2,(H,18,19,22). The molecule has 3 heterocycles. The molecule has 1 amide bonds. The van der Waals surface area contributed by atoms with Crippen LogP contribution in [0.15, 0.2) is 48.0 Å². The number of carbonyl (C=O) groups excluding carboxylic acids is 1. The van der Waals surface area contributed by atoms with Crippen LogP contribution in [0.3, 0.4) is 0 Å². The molecule has 3 aromatic rings. The van der Waals surface area contributed by atoms with E-state index in [0.29, 0.717) is 11.6 Å². The summed E-state index contributed by atoms with van der Waals surface area (Å²) in [5.74, 6) is -0.175. The summed E-state index contributed by atoms with van der Waals surface area (Å²) in [4.78, 5) is 16.6. The highest BCUT2D eigenvalue weighted by Crippen LogP contribution is 2.30. The Balaban J connectivity index is 1.72. The summed E-state index contributed by atoms with van der Waals surface area (Å²) in [6, 6.07) is 11.0. The van der Waals surface area contributed by atoms with Crippen LogP contribution in [0, 0.1) is 0 Å². The first kappa shape index (κ1) is 16.9. The van der Waals surface area contributed by atoms with Crippen LogP contribution < -0.4 is 5.32 Å². The molecule has 1 aromatic carbocycles. The van der Waals surface area contributed by atoms with Gasteiger partial charge in [-0.05, 0) is 18.1 Å². The van der Waals surface area contributed by atoms with Gasteiger partial charge in [0.2, 0.25) is 0 Å². The summed E-state index contributed by atoms with van der Waals surface area (Å²) in [7, 11) is -3.06. The third-order valence-corrected chi connectivity index (χ3v) is 6.68. The second-order valence-electron chi connectivity index (χ2n) is 6.07. The van der Waals surface area contributed by atoms with Crippen molar-refractivity contribution in [2.45, 2.75) is 12.5 Å². The Morgan fingerprint density at radius 1 is 1.27 bits per heavy atom. The van der Waals surface area contributed by atoms with E-state index in [9.17, 15) is 13.2 Å². The molecule has 0 spiro atoms. The Kier molecular flexibility index (Phi) is 4.33. The van der Waals surface area contributed by atoms with E-state index in [1.54, 1.807) is 22.3 Å². The van der Waals surface area contributed by atoms with Crippen molar-refractivity contribution in [1.82, 2.24) is 14.8 Å². The average molecular weight is 388 g/mol. The zero-order valence-corrected chi connectivity index (χ0v) is 15.3. The minimum atomic E-state index is -3.06. The van der Waals surface area contributed by atoms with E-state index in [1.165, 1.54) is 11.3 Å². The van der Waals surface area contributed by atoms with Gasteiger partial charge in [0.1, 0.15) is 0 Å². The first-order valence-corrected chi connectivity index (χ1v) is 10.8. The van der Waals surface area contributed by atoms with E-state index in [4.69, 9.17) is 0 Å². The van der Waals surface area contributed by atoms with Crippen LogP contribution in [0.5, 0.6) is 0 Å². The maximum atomic E-state index is 12.5. The zero-order valence-electron chi connectivity index (χ0n) is 13.7. The number of aromatic nitrogens is 3. The smallest absolute Gasteiger partial charge is 0.277 e. The fourth-order valence-electron chi connectivity index (χ4n) is 3.02. The van der Waals surface area contributed by atoms with Crippen LogP contribution in [0.2, 0.25) is 0 Å². The van der Waals surface area contributed by atoms with Crippen LogP contribution in [-0.2, 0) is 9.84 Å². The normalized spacial score (nSPS) is 18.7. The van der Waals surface area contributed by atoms with E-state index < -0.39 is 9.84 Å². The Morgan fingerprint density at radius 3 is 2.73 bits per heavy atom. The highest BCUT2D eigenvalue weighted by atomic mass is 32.2. The molecule has 0 bridgehead atoms. The Bertz CT molecular complexity index is 1030. The third kappa shape index (κ3) is 3.40. The van der Waals surface area contributed by atoms with E-state index in [-0.39, 0.29) is 29.1 Å². The SMILES string of the molecule is O=C(Nc1nccs1)c1cc(-c2ccccc2)n(C2CCS(=O)(=O)C2)n1. The molecule has 1 unspecified atom stereocenters. The molecule has 1 saturated heterocycles. The van der Waals surface area contributed by atoms with Gasteiger partial charge in [0, 0.05) is 11.6 Å². The highest BCUT2D eigenvalue weighted by molar-refractivity contribution is 7.91. The van der Waals surface area contributed by atoms with E-state index >= 15 is 0 Å². The van der Waals surface area contributed by atoms with Gasteiger partial charge in [-0.25, -0.2) is 13.4 Å². The summed E-state index contributed by atoms with van der Waals surface area (Å²) in [6.45, 7) is 0. The fraction of sp³-hybridized carbons (Fsp3) is 0.235. The lowest BCUT2D eigenvalue weighted by Crippen LogP contribution is -2.16. The van der Waals surface area contributed by atoms with Gasteiger partial charge < -0.3 is 0 Å². The molecule has 9 heteroatoms. The van der Waals surface area contributed by atoms with Crippen LogP contribution in [-0.4, -0.2) is 40.6 Å². The van der Waals surface area contributed by atoms with E-state index in [2.05, 4.69) is 15.4 Å². The number of hydrogen-bond donors (Lipinski definition) is 1. The fourth-order valence-corrected chi connectivity index (χ4v) is 5.24. The molecule has 134 valence electrons. The second-order valence-corrected chi connectivity index (χ2v) is 9.20. The summed E-state index contributed by atoms with van der Waals surface area (Å²) in [5, 5.41) is 9.41. The lowest BCUT2D eigenvalue weighted by Gasteiger charge is -2.13. The molecule has 1 aliphatic heterocycles. The molecular weight excluding hydrogens is 372 g/mol. The van der Waals surface area contributed by atoms with Crippen molar-refractivity contribution in [3.63, 3.8) is 0 Å². The third-order valence-electron chi connectivity index (χ3n) is 4.24. The molecule has 1 aliphatic rings. The molecular formula is C17H16N4O3S2. The Hall–Kier alpha value is -2.52. The first-order chi connectivity index (χ1) is 12.5. The number of thiazole rings is 1. The van der Waals surface area contributed by atoms with Crippen LogP contribution in [0.4, 0.5) is 5.13 Å². The highest BCUT2D eigenvalue weighted by Gasteiger charge is 2.32. The summed E-state index contributed by atoms with van der Waals surface area (Å²) < 4.78 is 25.5. The van der Waals surface area contributed by atoms with Crippen molar-refractivity contribution < 1.29 is 13.2 Å². The molecule has 0 radical (unpaired) electrons. The van der Waals surface area contributed by atoms with Gasteiger partial charge in [-0.3, -0.25) is 14.8 Å². The molecule has 1 N–H and O–H groups in total. The number of nitrogens with one attached hydrogen (secondary N) is 1. The second kappa shape index (κ2) is 6.65.